The van der Waals surface area contributed by atoms with E-state index in [0.29, 0.717) is 5.82 Å². The standard InChI is InChI=1S/C22H21N3O3/c1-3-28-22(27)18-19(16-12-8-5-9-13-16)23-20-17(15-10-6-4-7-11-15)14(2)24-25(20)21(18)26/h4-13,18-19,23H,3H2,1-2H3/t18-,19-/m1/s1. The molecule has 4 rings (SSSR count). The smallest absolute Gasteiger partial charge is 0.321 e. The van der Waals surface area contributed by atoms with Gasteiger partial charge in [0.05, 0.1) is 18.3 Å². The molecule has 0 saturated carbocycles. The predicted octanol–water partition coefficient (Wildman–Crippen LogP) is 3.84. The van der Waals surface area contributed by atoms with Crippen LogP contribution >= 0.6 is 0 Å². The van der Waals surface area contributed by atoms with Gasteiger partial charge in [-0.05, 0) is 25.0 Å². The molecule has 0 radical (unpaired) electrons. The number of benzene rings is 2. The average molecular weight is 375 g/mol. The van der Waals surface area contributed by atoms with Gasteiger partial charge in [-0.2, -0.15) is 9.78 Å². The van der Waals surface area contributed by atoms with Gasteiger partial charge in [0, 0.05) is 5.56 Å². The summed E-state index contributed by atoms with van der Waals surface area (Å²) in [5, 5.41) is 7.83. The van der Waals surface area contributed by atoms with Crippen LogP contribution in [-0.4, -0.2) is 28.3 Å². The van der Waals surface area contributed by atoms with Gasteiger partial charge in [-0.25, -0.2) is 0 Å². The van der Waals surface area contributed by atoms with E-state index in [0.717, 1.165) is 22.4 Å². The van der Waals surface area contributed by atoms with Crippen LogP contribution in [0.25, 0.3) is 11.1 Å². The first-order valence-corrected chi connectivity index (χ1v) is 9.29. The number of nitrogens with zero attached hydrogens (tertiary/aromatic N) is 2. The zero-order valence-corrected chi connectivity index (χ0v) is 15.8. The minimum atomic E-state index is -1.00. The first-order chi connectivity index (χ1) is 13.6. The van der Waals surface area contributed by atoms with E-state index in [2.05, 4.69) is 10.4 Å². The Morgan fingerprint density at radius 1 is 1.11 bits per heavy atom. The summed E-state index contributed by atoms with van der Waals surface area (Å²) in [6.45, 7) is 3.80. The Bertz CT molecular complexity index is 1010. The molecule has 0 amide bonds. The van der Waals surface area contributed by atoms with Gasteiger partial charge < -0.3 is 10.1 Å². The number of aryl methyl sites for hydroxylation is 1. The number of hydrogen-bond donors (Lipinski definition) is 1. The fraction of sp³-hybridized carbons (Fsp3) is 0.227. The van der Waals surface area contributed by atoms with E-state index in [1.165, 1.54) is 4.68 Å². The number of carbonyl (C=O) groups is 2. The van der Waals surface area contributed by atoms with Crippen molar-refractivity contribution in [1.82, 2.24) is 9.78 Å². The topological polar surface area (TPSA) is 73.2 Å². The van der Waals surface area contributed by atoms with Crippen molar-refractivity contribution in [2.24, 2.45) is 5.92 Å². The predicted molar refractivity (Wildman–Crippen MR) is 106 cm³/mol. The van der Waals surface area contributed by atoms with Crippen LogP contribution in [0, 0.1) is 12.8 Å². The highest BCUT2D eigenvalue weighted by atomic mass is 16.5. The fourth-order valence-electron chi connectivity index (χ4n) is 3.68. The highest BCUT2D eigenvalue weighted by Gasteiger charge is 2.44. The van der Waals surface area contributed by atoms with Crippen molar-refractivity contribution >= 4 is 17.7 Å². The van der Waals surface area contributed by atoms with Crippen LogP contribution < -0.4 is 5.32 Å². The summed E-state index contributed by atoms with van der Waals surface area (Å²) >= 11 is 0. The molecule has 2 atom stereocenters. The molecule has 0 spiro atoms. The van der Waals surface area contributed by atoms with Gasteiger partial charge >= 0.3 is 5.97 Å². The van der Waals surface area contributed by atoms with Gasteiger partial charge in [0.1, 0.15) is 5.82 Å². The molecule has 2 aromatic carbocycles. The Hall–Kier alpha value is -3.41. The van der Waals surface area contributed by atoms with Crippen molar-refractivity contribution in [3.8, 4) is 11.1 Å². The van der Waals surface area contributed by atoms with Crippen molar-refractivity contribution in [3.05, 3.63) is 71.9 Å². The number of hydrogen-bond acceptors (Lipinski definition) is 5. The van der Waals surface area contributed by atoms with Crippen LogP contribution in [0.4, 0.5) is 5.82 Å². The Morgan fingerprint density at radius 2 is 1.75 bits per heavy atom. The minimum Gasteiger partial charge on any atom is -0.465 e. The van der Waals surface area contributed by atoms with Gasteiger partial charge in [-0.1, -0.05) is 60.7 Å². The van der Waals surface area contributed by atoms with Gasteiger partial charge in [0.25, 0.3) is 5.91 Å². The summed E-state index contributed by atoms with van der Waals surface area (Å²) in [4.78, 5) is 25.9. The normalized spacial score (nSPS) is 18.3. The molecule has 0 fully saturated rings. The lowest BCUT2D eigenvalue weighted by atomic mass is 9.90. The number of carbonyl (C=O) groups excluding carboxylic acids is 2. The largest absolute Gasteiger partial charge is 0.465 e. The third kappa shape index (κ3) is 2.97. The van der Waals surface area contributed by atoms with Crippen LogP contribution in [0.1, 0.15) is 29.0 Å². The molecule has 1 aliphatic heterocycles. The van der Waals surface area contributed by atoms with Gasteiger partial charge in [-0.15, -0.1) is 0 Å². The second-order valence-electron chi connectivity index (χ2n) is 6.69. The zero-order chi connectivity index (χ0) is 19.7. The molecule has 6 heteroatoms. The lowest BCUT2D eigenvalue weighted by Gasteiger charge is -2.31. The van der Waals surface area contributed by atoms with E-state index in [-0.39, 0.29) is 12.5 Å². The maximum atomic E-state index is 13.3. The summed E-state index contributed by atoms with van der Waals surface area (Å²) in [6, 6.07) is 18.7. The third-order valence-corrected chi connectivity index (χ3v) is 4.92. The van der Waals surface area contributed by atoms with E-state index in [4.69, 9.17) is 4.74 Å². The molecule has 0 bridgehead atoms. The Balaban J connectivity index is 1.86. The van der Waals surface area contributed by atoms with Crippen molar-refractivity contribution in [2.75, 3.05) is 11.9 Å². The molecule has 1 aliphatic rings. The summed E-state index contributed by atoms with van der Waals surface area (Å²) in [5.41, 5.74) is 3.39. The lowest BCUT2D eigenvalue weighted by Crippen LogP contribution is -2.43. The summed E-state index contributed by atoms with van der Waals surface area (Å²) in [6.07, 6.45) is 0. The van der Waals surface area contributed by atoms with Gasteiger partial charge in [-0.3, -0.25) is 9.59 Å². The molecule has 0 saturated heterocycles. The molecule has 1 aromatic heterocycles. The van der Waals surface area contributed by atoms with Crippen LogP contribution in [0.5, 0.6) is 0 Å². The van der Waals surface area contributed by atoms with Crippen LogP contribution in [0.15, 0.2) is 60.7 Å². The highest BCUT2D eigenvalue weighted by Crippen LogP contribution is 2.40. The van der Waals surface area contributed by atoms with Gasteiger partial charge in [0.15, 0.2) is 5.92 Å². The lowest BCUT2D eigenvalue weighted by molar-refractivity contribution is -0.147. The molecule has 1 N–H and O–H groups in total. The number of fused-ring (bicyclic) bond motifs is 1. The summed E-state index contributed by atoms with van der Waals surface area (Å²) < 4.78 is 6.50. The van der Waals surface area contributed by atoms with E-state index >= 15 is 0 Å². The zero-order valence-electron chi connectivity index (χ0n) is 15.8. The summed E-state index contributed by atoms with van der Waals surface area (Å²) in [5.74, 6) is -1.33. The second-order valence-corrected chi connectivity index (χ2v) is 6.69. The Labute approximate surface area is 163 Å². The quantitative estimate of drug-likeness (QED) is 0.554. The third-order valence-electron chi connectivity index (χ3n) is 4.92. The van der Waals surface area contributed by atoms with Crippen molar-refractivity contribution in [2.45, 2.75) is 19.9 Å². The van der Waals surface area contributed by atoms with E-state index in [1.54, 1.807) is 6.92 Å². The second kappa shape index (κ2) is 7.31. The highest BCUT2D eigenvalue weighted by molar-refractivity contribution is 6.04. The molecular weight excluding hydrogens is 354 g/mol. The van der Waals surface area contributed by atoms with Crippen molar-refractivity contribution in [3.63, 3.8) is 0 Å². The summed E-state index contributed by atoms with van der Waals surface area (Å²) in [7, 11) is 0. The Morgan fingerprint density at radius 3 is 2.39 bits per heavy atom. The molecular formula is C22H21N3O3. The molecule has 0 unspecified atom stereocenters. The number of esters is 1. The first kappa shape index (κ1) is 18.0. The molecule has 6 nitrogen and oxygen atoms in total. The van der Waals surface area contributed by atoms with Crippen LogP contribution in [0.2, 0.25) is 0 Å². The number of anilines is 1. The number of rotatable bonds is 4. The number of ether oxygens (including phenoxy) is 1. The van der Waals surface area contributed by atoms with E-state index in [9.17, 15) is 9.59 Å². The monoisotopic (exact) mass is 375 g/mol. The maximum Gasteiger partial charge on any atom is 0.321 e. The maximum absolute atomic E-state index is 13.3. The van der Waals surface area contributed by atoms with Crippen LogP contribution in [-0.2, 0) is 9.53 Å². The van der Waals surface area contributed by atoms with E-state index in [1.807, 2.05) is 67.6 Å². The molecule has 28 heavy (non-hydrogen) atoms. The SMILES string of the molecule is CCOC(=O)[C@H]1C(=O)n2nc(C)c(-c3ccccc3)c2N[C@@H]1c1ccccc1. The minimum absolute atomic E-state index is 0.213. The Kier molecular flexibility index (Phi) is 4.69. The molecule has 2 heterocycles. The molecule has 142 valence electrons. The number of nitrogens with one attached hydrogen (secondary N) is 1. The van der Waals surface area contributed by atoms with E-state index < -0.39 is 17.9 Å². The molecule has 3 aromatic rings. The van der Waals surface area contributed by atoms with Crippen molar-refractivity contribution < 1.29 is 14.3 Å². The van der Waals surface area contributed by atoms with Gasteiger partial charge in [0.2, 0.25) is 0 Å². The van der Waals surface area contributed by atoms with Crippen molar-refractivity contribution in [1.29, 1.82) is 0 Å². The first-order valence-electron chi connectivity index (χ1n) is 9.29. The fourth-order valence-corrected chi connectivity index (χ4v) is 3.68. The molecule has 0 aliphatic carbocycles. The van der Waals surface area contributed by atoms with Crippen LogP contribution in [0.3, 0.4) is 0 Å². The number of aromatic nitrogens is 2. The average Bonchev–Trinajstić information content (AvgIpc) is 3.05.